The number of thiophene rings is 1. The van der Waals surface area contributed by atoms with Gasteiger partial charge in [-0.2, -0.15) is 5.10 Å². The van der Waals surface area contributed by atoms with Gasteiger partial charge in [-0.3, -0.25) is 0 Å². The molecule has 86 valence electrons. The SMILES string of the molecule is Brc1csc(CNc2nccn3nccc23)c1. The largest absolute Gasteiger partial charge is 0.363 e. The zero-order chi connectivity index (χ0) is 11.7. The zero-order valence-electron chi connectivity index (χ0n) is 8.80. The number of hydrogen-bond donors (Lipinski definition) is 1. The average Bonchev–Trinajstić information content (AvgIpc) is 2.94. The number of nitrogens with zero attached hydrogens (tertiary/aromatic N) is 3. The van der Waals surface area contributed by atoms with E-state index in [4.69, 9.17) is 0 Å². The van der Waals surface area contributed by atoms with Gasteiger partial charge in [0.25, 0.3) is 0 Å². The third-order valence-electron chi connectivity index (χ3n) is 2.38. The molecule has 0 amide bonds. The molecule has 0 saturated carbocycles. The van der Waals surface area contributed by atoms with E-state index >= 15 is 0 Å². The Balaban J connectivity index is 1.83. The predicted octanol–water partition coefficient (Wildman–Crippen LogP) is 3.17. The van der Waals surface area contributed by atoms with E-state index < -0.39 is 0 Å². The van der Waals surface area contributed by atoms with Crippen LogP contribution in [-0.2, 0) is 6.54 Å². The van der Waals surface area contributed by atoms with Crippen molar-refractivity contribution in [3.8, 4) is 0 Å². The van der Waals surface area contributed by atoms with Gasteiger partial charge >= 0.3 is 0 Å². The molecule has 0 bridgehead atoms. The van der Waals surface area contributed by atoms with Crippen LogP contribution in [0.1, 0.15) is 4.88 Å². The molecule has 1 N–H and O–H groups in total. The van der Waals surface area contributed by atoms with Crippen LogP contribution in [0.5, 0.6) is 0 Å². The summed E-state index contributed by atoms with van der Waals surface area (Å²) in [5, 5.41) is 9.56. The summed E-state index contributed by atoms with van der Waals surface area (Å²) in [6.07, 6.45) is 5.35. The Morgan fingerprint density at radius 1 is 1.41 bits per heavy atom. The van der Waals surface area contributed by atoms with Gasteiger partial charge in [-0.05, 0) is 28.1 Å². The molecule has 17 heavy (non-hydrogen) atoms. The molecule has 6 heteroatoms. The highest BCUT2D eigenvalue weighted by atomic mass is 79.9. The first kappa shape index (κ1) is 10.7. The molecule has 0 fully saturated rings. The lowest BCUT2D eigenvalue weighted by Crippen LogP contribution is -2.02. The Kier molecular flexibility index (Phi) is 2.82. The van der Waals surface area contributed by atoms with Gasteiger partial charge in [0, 0.05) is 27.1 Å². The maximum Gasteiger partial charge on any atom is 0.152 e. The summed E-state index contributed by atoms with van der Waals surface area (Å²) in [5.41, 5.74) is 0.989. The first-order chi connectivity index (χ1) is 8.33. The lowest BCUT2D eigenvalue weighted by Gasteiger charge is -2.05. The molecule has 0 aliphatic heterocycles. The van der Waals surface area contributed by atoms with E-state index in [1.54, 1.807) is 28.2 Å². The maximum atomic E-state index is 4.32. The first-order valence-electron chi connectivity index (χ1n) is 5.08. The van der Waals surface area contributed by atoms with E-state index in [9.17, 15) is 0 Å². The normalized spacial score (nSPS) is 10.9. The second-order valence-electron chi connectivity index (χ2n) is 3.52. The Morgan fingerprint density at radius 3 is 3.18 bits per heavy atom. The Hall–Kier alpha value is -1.40. The van der Waals surface area contributed by atoms with Gasteiger partial charge in [-0.15, -0.1) is 11.3 Å². The summed E-state index contributed by atoms with van der Waals surface area (Å²) in [5.74, 6) is 0.856. The van der Waals surface area contributed by atoms with Gasteiger partial charge in [-0.1, -0.05) is 0 Å². The number of nitrogens with one attached hydrogen (secondary N) is 1. The average molecular weight is 309 g/mol. The summed E-state index contributed by atoms with van der Waals surface area (Å²) >= 11 is 5.16. The van der Waals surface area contributed by atoms with Crippen molar-refractivity contribution < 1.29 is 0 Å². The standard InChI is InChI=1S/C11H9BrN4S/c12-8-5-9(17-7-8)6-14-11-10-1-2-15-16(10)4-3-13-11/h1-5,7H,6H2,(H,13,14). The molecule has 4 nitrogen and oxygen atoms in total. The van der Waals surface area contributed by atoms with Crippen LogP contribution in [0.25, 0.3) is 5.52 Å². The van der Waals surface area contributed by atoms with Crippen molar-refractivity contribution in [2.24, 2.45) is 0 Å². The van der Waals surface area contributed by atoms with Crippen LogP contribution in [-0.4, -0.2) is 14.6 Å². The first-order valence-corrected chi connectivity index (χ1v) is 6.75. The molecule has 0 aliphatic rings. The molecule has 3 heterocycles. The zero-order valence-corrected chi connectivity index (χ0v) is 11.2. The predicted molar refractivity (Wildman–Crippen MR) is 72.3 cm³/mol. The highest BCUT2D eigenvalue weighted by molar-refractivity contribution is 9.10. The highest BCUT2D eigenvalue weighted by Crippen LogP contribution is 2.21. The molecular formula is C11H9BrN4S. The molecule has 0 saturated heterocycles. The fraction of sp³-hybridized carbons (Fsp3) is 0.0909. The topological polar surface area (TPSA) is 42.2 Å². The van der Waals surface area contributed by atoms with Crippen LogP contribution in [0.15, 0.2) is 40.6 Å². The van der Waals surface area contributed by atoms with Gasteiger partial charge in [-0.25, -0.2) is 9.50 Å². The van der Waals surface area contributed by atoms with E-state index in [0.29, 0.717) is 0 Å². The molecule has 0 aromatic carbocycles. The Bertz CT molecular complexity index is 646. The molecule has 0 atom stereocenters. The van der Waals surface area contributed by atoms with Crippen molar-refractivity contribution in [2.45, 2.75) is 6.54 Å². The van der Waals surface area contributed by atoms with Gasteiger partial charge < -0.3 is 5.32 Å². The quantitative estimate of drug-likeness (QED) is 0.808. The van der Waals surface area contributed by atoms with E-state index in [1.165, 1.54) is 4.88 Å². The van der Waals surface area contributed by atoms with Crippen molar-refractivity contribution in [3.05, 3.63) is 45.5 Å². The molecular weight excluding hydrogens is 300 g/mol. The second-order valence-corrected chi connectivity index (χ2v) is 5.43. The molecule has 0 radical (unpaired) electrons. The van der Waals surface area contributed by atoms with Gasteiger partial charge in [0.15, 0.2) is 5.82 Å². The van der Waals surface area contributed by atoms with E-state index in [-0.39, 0.29) is 0 Å². The third kappa shape index (κ3) is 2.18. The number of hydrogen-bond acceptors (Lipinski definition) is 4. The fourth-order valence-electron chi connectivity index (χ4n) is 1.61. The maximum absolute atomic E-state index is 4.32. The summed E-state index contributed by atoms with van der Waals surface area (Å²) in [6, 6.07) is 4.05. The molecule has 0 spiro atoms. The minimum Gasteiger partial charge on any atom is -0.363 e. The number of aromatic nitrogens is 3. The van der Waals surface area contributed by atoms with E-state index in [0.717, 1.165) is 22.4 Å². The summed E-state index contributed by atoms with van der Waals surface area (Å²) in [6.45, 7) is 0.772. The lowest BCUT2D eigenvalue weighted by atomic mass is 10.4. The number of halogens is 1. The Labute approximate surface area is 110 Å². The number of rotatable bonds is 3. The van der Waals surface area contributed by atoms with Crippen LogP contribution in [0.2, 0.25) is 0 Å². The highest BCUT2D eigenvalue weighted by Gasteiger charge is 2.03. The number of fused-ring (bicyclic) bond motifs is 1. The number of anilines is 1. The summed E-state index contributed by atoms with van der Waals surface area (Å²) in [7, 11) is 0. The van der Waals surface area contributed by atoms with Crippen LogP contribution in [0.4, 0.5) is 5.82 Å². The second kappa shape index (κ2) is 4.46. The monoisotopic (exact) mass is 308 g/mol. The minimum atomic E-state index is 0.772. The minimum absolute atomic E-state index is 0.772. The van der Waals surface area contributed by atoms with Crippen LogP contribution in [0.3, 0.4) is 0 Å². The molecule has 0 unspecified atom stereocenters. The molecule has 3 aromatic heterocycles. The van der Waals surface area contributed by atoms with Gasteiger partial charge in [0.1, 0.15) is 5.52 Å². The van der Waals surface area contributed by atoms with Crippen molar-refractivity contribution >= 4 is 38.6 Å². The van der Waals surface area contributed by atoms with Crippen molar-refractivity contribution in [1.82, 2.24) is 14.6 Å². The fourth-order valence-corrected chi connectivity index (χ4v) is 3.00. The summed E-state index contributed by atoms with van der Waals surface area (Å²) < 4.78 is 2.93. The lowest BCUT2D eigenvalue weighted by molar-refractivity contribution is 0.943. The smallest absolute Gasteiger partial charge is 0.152 e. The van der Waals surface area contributed by atoms with Crippen molar-refractivity contribution in [2.75, 3.05) is 5.32 Å². The van der Waals surface area contributed by atoms with E-state index in [2.05, 4.69) is 42.8 Å². The van der Waals surface area contributed by atoms with Gasteiger partial charge in [0.2, 0.25) is 0 Å². The van der Waals surface area contributed by atoms with E-state index in [1.807, 2.05) is 12.3 Å². The van der Waals surface area contributed by atoms with Crippen LogP contribution >= 0.6 is 27.3 Å². The third-order valence-corrected chi connectivity index (χ3v) is 4.07. The molecule has 3 rings (SSSR count). The van der Waals surface area contributed by atoms with Gasteiger partial charge in [0.05, 0.1) is 12.7 Å². The molecule has 0 aliphatic carbocycles. The van der Waals surface area contributed by atoms with Crippen molar-refractivity contribution in [1.29, 1.82) is 0 Å². The summed E-state index contributed by atoms with van der Waals surface area (Å²) in [4.78, 5) is 5.59. The van der Waals surface area contributed by atoms with Crippen molar-refractivity contribution in [3.63, 3.8) is 0 Å². The van der Waals surface area contributed by atoms with Crippen LogP contribution in [0, 0.1) is 0 Å². The van der Waals surface area contributed by atoms with Crippen LogP contribution < -0.4 is 5.32 Å². The Morgan fingerprint density at radius 2 is 2.35 bits per heavy atom. The molecule has 3 aromatic rings.